The molecule has 0 fully saturated rings. The van der Waals surface area contributed by atoms with Gasteiger partial charge in [0.1, 0.15) is 0 Å². The van der Waals surface area contributed by atoms with E-state index in [0.29, 0.717) is 13.2 Å². The van der Waals surface area contributed by atoms with E-state index in [-0.39, 0.29) is 6.10 Å². The van der Waals surface area contributed by atoms with Gasteiger partial charge in [-0.1, -0.05) is 24.3 Å². The molecule has 0 saturated heterocycles. The predicted octanol–water partition coefficient (Wildman–Crippen LogP) is 3.34. The van der Waals surface area contributed by atoms with E-state index in [1.807, 2.05) is 20.2 Å². The van der Waals surface area contributed by atoms with Crippen LogP contribution >= 0.6 is 11.3 Å². The van der Waals surface area contributed by atoms with Crippen molar-refractivity contribution in [2.45, 2.75) is 44.9 Å². The summed E-state index contributed by atoms with van der Waals surface area (Å²) >= 11 is 1.71. The standard InChI is InChI=1S/C19H26N2O2S/c1-14-20-10-17(24-14)12-21(2)11-16(22)13-23-19-9-5-7-15-6-3-4-8-18(15)19/h3-4,6,8,10,16,19,22H,5,7,9,11-13H2,1-2H3. The van der Waals surface area contributed by atoms with Crippen LogP contribution in [0.5, 0.6) is 0 Å². The van der Waals surface area contributed by atoms with Gasteiger partial charge in [-0.3, -0.25) is 4.90 Å². The van der Waals surface area contributed by atoms with E-state index in [1.54, 1.807) is 11.3 Å². The minimum atomic E-state index is -0.474. The summed E-state index contributed by atoms with van der Waals surface area (Å²) in [6, 6.07) is 8.50. The van der Waals surface area contributed by atoms with Gasteiger partial charge in [0.05, 0.1) is 23.8 Å². The SMILES string of the molecule is Cc1ncc(CN(C)CC(O)COC2CCCc3ccccc32)s1. The maximum absolute atomic E-state index is 10.3. The molecule has 2 aromatic rings. The molecule has 24 heavy (non-hydrogen) atoms. The van der Waals surface area contributed by atoms with Gasteiger partial charge in [0.25, 0.3) is 0 Å². The van der Waals surface area contributed by atoms with Crippen molar-refractivity contribution in [1.82, 2.24) is 9.88 Å². The molecule has 0 aliphatic heterocycles. The fourth-order valence-corrected chi connectivity index (χ4v) is 4.21. The predicted molar refractivity (Wildman–Crippen MR) is 97.3 cm³/mol. The number of rotatable bonds is 7. The molecule has 2 atom stereocenters. The van der Waals surface area contributed by atoms with Crippen molar-refractivity contribution in [3.8, 4) is 0 Å². The third-order valence-electron chi connectivity index (χ3n) is 4.42. The lowest BCUT2D eigenvalue weighted by Crippen LogP contribution is -2.32. The maximum Gasteiger partial charge on any atom is 0.0900 e. The molecule has 0 spiro atoms. The van der Waals surface area contributed by atoms with Crippen LogP contribution in [0.3, 0.4) is 0 Å². The van der Waals surface area contributed by atoms with E-state index in [9.17, 15) is 5.11 Å². The van der Waals surface area contributed by atoms with Crippen LogP contribution in [-0.2, 0) is 17.7 Å². The van der Waals surface area contributed by atoms with Crippen LogP contribution in [-0.4, -0.2) is 41.3 Å². The number of aliphatic hydroxyl groups is 1. The van der Waals surface area contributed by atoms with Crippen molar-refractivity contribution in [3.63, 3.8) is 0 Å². The van der Waals surface area contributed by atoms with E-state index in [4.69, 9.17) is 4.74 Å². The van der Waals surface area contributed by atoms with Gasteiger partial charge in [0.15, 0.2) is 0 Å². The zero-order chi connectivity index (χ0) is 16.9. The molecule has 0 amide bonds. The normalized spacial score (nSPS) is 18.6. The highest BCUT2D eigenvalue weighted by molar-refractivity contribution is 7.11. The lowest BCUT2D eigenvalue weighted by Gasteiger charge is -2.27. The van der Waals surface area contributed by atoms with Crippen molar-refractivity contribution in [2.24, 2.45) is 0 Å². The van der Waals surface area contributed by atoms with Crippen molar-refractivity contribution < 1.29 is 9.84 Å². The number of benzene rings is 1. The van der Waals surface area contributed by atoms with Gasteiger partial charge in [-0.25, -0.2) is 4.98 Å². The summed E-state index contributed by atoms with van der Waals surface area (Å²) in [5, 5.41) is 11.4. The highest BCUT2D eigenvalue weighted by Crippen LogP contribution is 2.32. The van der Waals surface area contributed by atoms with E-state index >= 15 is 0 Å². The minimum absolute atomic E-state index is 0.124. The first-order valence-corrected chi connectivity index (χ1v) is 9.41. The van der Waals surface area contributed by atoms with Gasteiger partial charge in [0.2, 0.25) is 0 Å². The Balaban J connectivity index is 1.46. The van der Waals surface area contributed by atoms with Crippen LogP contribution in [0.4, 0.5) is 0 Å². The molecule has 130 valence electrons. The molecule has 3 rings (SSSR count). The average molecular weight is 346 g/mol. The second-order valence-electron chi connectivity index (χ2n) is 6.61. The Morgan fingerprint density at radius 3 is 3.04 bits per heavy atom. The van der Waals surface area contributed by atoms with Crippen molar-refractivity contribution in [3.05, 3.63) is 51.5 Å². The number of ether oxygens (including phenoxy) is 1. The lowest BCUT2D eigenvalue weighted by atomic mass is 9.89. The molecule has 1 aromatic heterocycles. The number of aromatic nitrogens is 1. The molecule has 5 heteroatoms. The van der Waals surface area contributed by atoms with Crippen LogP contribution in [0.15, 0.2) is 30.5 Å². The molecule has 4 nitrogen and oxygen atoms in total. The smallest absolute Gasteiger partial charge is 0.0900 e. The molecule has 2 unspecified atom stereocenters. The summed E-state index contributed by atoms with van der Waals surface area (Å²) in [7, 11) is 2.02. The topological polar surface area (TPSA) is 45.6 Å². The van der Waals surface area contributed by atoms with Gasteiger partial charge in [-0.15, -0.1) is 11.3 Å². The van der Waals surface area contributed by atoms with E-state index < -0.39 is 6.10 Å². The molecule has 0 radical (unpaired) electrons. The van der Waals surface area contributed by atoms with Gasteiger partial charge in [-0.05, 0) is 44.4 Å². The van der Waals surface area contributed by atoms with Gasteiger partial charge in [0, 0.05) is 24.2 Å². The molecule has 0 bridgehead atoms. The summed E-state index contributed by atoms with van der Waals surface area (Å²) in [5.41, 5.74) is 2.69. The monoisotopic (exact) mass is 346 g/mol. The molecule has 1 aliphatic rings. The van der Waals surface area contributed by atoms with Crippen LogP contribution in [0.2, 0.25) is 0 Å². The molecule has 1 aromatic carbocycles. The van der Waals surface area contributed by atoms with Crippen LogP contribution in [0, 0.1) is 6.92 Å². The summed E-state index contributed by atoms with van der Waals surface area (Å²) in [6.07, 6.45) is 4.90. The third kappa shape index (κ3) is 4.63. The molecule has 1 aliphatic carbocycles. The van der Waals surface area contributed by atoms with Crippen molar-refractivity contribution in [1.29, 1.82) is 0 Å². The first kappa shape index (κ1) is 17.5. The molecule has 0 saturated carbocycles. The number of hydrogen-bond donors (Lipinski definition) is 1. The Morgan fingerprint density at radius 1 is 1.42 bits per heavy atom. The molecular formula is C19H26N2O2S. The molecular weight excluding hydrogens is 320 g/mol. The highest BCUT2D eigenvalue weighted by atomic mass is 32.1. The largest absolute Gasteiger partial charge is 0.389 e. The van der Waals surface area contributed by atoms with E-state index in [2.05, 4.69) is 34.1 Å². The Morgan fingerprint density at radius 2 is 2.25 bits per heavy atom. The number of fused-ring (bicyclic) bond motifs is 1. The first-order valence-electron chi connectivity index (χ1n) is 8.59. The third-order valence-corrected chi connectivity index (χ3v) is 5.32. The first-order chi connectivity index (χ1) is 11.6. The van der Waals surface area contributed by atoms with Gasteiger partial charge < -0.3 is 9.84 Å². The Bertz CT molecular complexity index is 658. The average Bonchev–Trinajstić information content (AvgIpc) is 2.97. The number of likely N-dealkylation sites (N-methyl/N-ethyl adjacent to an activating group) is 1. The van der Waals surface area contributed by atoms with Crippen LogP contribution in [0.25, 0.3) is 0 Å². The van der Waals surface area contributed by atoms with Crippen LogP contribution in [0.1, 0.15) is 40.0 Å². The lowest BCUT2D eigenvalue weighted by molar-refractivity contribution is -0.0265. The Kier molecular flexibility index (Phi) is 6.00. The summed E-state index contributed by atoms with van der Waals surface area (Å²) in [6.45, 7) is 3.81. The summed E-state index contributed by atoms with van der Waals surface area (Å²) in [4.78, 5) is 7.62. The highest BCUT2D eigenvalue weighted by Gasteiger charge is 2.21. The second-order valence-corrected chi connectivity index (χ2v) is 7.93. The number of hydrogen-bond acceptors (Lipinski definition) is 5. The fraction of sp³-hybridized carbons (Fsp3) is 0.526. The van der Waals surface area contributed by atoms with Crippen molar-refractivity contribution >= 4 is 11.3 Å². The zero-order valence-corrected chi connectivity index (χ0v) is 15.3. The minimum Gasteiger partial charge on any atom is -0.389 e. The Hall–Kier alpha value is -1.27. The Labute approximate surface area is 148 Å². The van der Waals surface area contributed by atoms with Crippen molar-refractivity contribution in [2.75, 3.05) is 20.2 Å². The number of nitrogens with zero attached hydrogens (tertiary/aromatic N) is 2. The zero-order valence-electron chi connectivity index (χ0n) is 14.4. The number of aryl methyl sites for hydroxylation is 2. The van der Waals surface area contributed by atoms with Gasteiger partial charge in [-0.2, -0.15) is 0 Å². The number of aliphatic hydroxyl groups excluding tert-OH is 1. The summed E-state index contributed by atoms with van der Waals surface area (Å²) in [5.74, 6) is 0. The number of thiazole rings is 1. The van der Waals surface area contributed by atoms with Gasteiger partial charge >= 0.3 is 0 Å². The van der Waals surface area contributed by atoms with E-state index in [0.717, 1.165) is 30.8 Å². The van der Waals surface area contributed by atoms with Crippen LogP contribution < -0.4 is 0 Å². The van der Waals surface area contributed by atoms with E-state index in [1.165, 1.54) is 16.0 Å². The maximum atomic E-state index is 10.3. The quantitative estimate of drug-likeness (QED) is 0.835. The molecule has 1 N–H and O–H groups in total. The fourth-order valence-electron chi connectivity index (χ4n) is 3.33. The molecule has 1 heterocycles. The summed E-state index contributed by atoms with van der Waals surface area (Å²) < 4.78 is 6.04. The second kappa shape index (κ2) is 8.21.